The summed E-state index contributed by atoms with van der Waals surface area (Å²) >= 11 is 12.6. The van der Waals surface area contributed by atoms with E-state index in [-0.39, 0.29) is 45.4 Å². The lowest BCUT2D eigenvalue weighted by molar-refractivity contribution is -0.142. The van der Waals surface area contributed by atoms with Gasteiger partial charge < -0.3 is 25.4 Å². The number of benzene rings is 1. The number of nitrogens with zero attached hydrogens (tertiary/aromatic N) is 2. The zero-order chi connectivity index (χ0) is 31.9. The number of aromatic nitrogens is 1. The highest BCUT2D eigenvalue weighted by Crippen LogP contribution is 2.40. The van der Waals surface area contributed by atoms with Crippen LogP contribution in [-0.4, -0.2) is 64.3 Å². The van der Waals surface area contributed by atoms with Crippen LogP contribution in [-0.2, 0) is 15.0 Å². The first-order chi connectivity index (χ1) is 19.9. The number of piperidine rings is 1. The highest BCUT2D eigenvalue weighted by molar-refractivity contribution is 6.36. The van der Waals surface area contributed by atoms with Crippen molar-refractivity contribution in [3.8, 4) is 5.75 Å². The Morgan fingerprint density at radius 3 is 2.21 bits per heavy atom. The number of carboxylic acid groups (broad SMARTS) is 1. The third kappa shape index (κ3) is 7.29. The number of hydrogen-bond donors (Lipinski definition) is 3. The van der Waals surface area contributed by atoms with Gasteiger partial charge in [0.1, 0.15) is 18.1 Å². The summed E-state index contributed by atoms with van der Waals surface area (Å²) in [5.74, 6) is -1.56. The van der Waals surface area contributed by atoms with Crippen LogP contribution in [0.5, 0.6) is 5.75 Å². The van der Waals surface area contributed by atoms with E-state index in [0.717, 1.165) is 12.8 Å². The van der Waals surface area contributed by atoms with E-state index in [1.807, 2.05) is 5.32 Å². The number of rotatable bonds is 9. The second-order valence-electron chi connectivity index (χ2n) is 11.9. The molecule has 2 saturated heterocycles. The summed E-state index contributed by atoms with van der Waals surface area (Å²) in [5.41, 5.74) is -2.36. The quantitative estimate of drug-likeness (QED) is 0.329. The maximum absolute atomic E-state index is 13.4. The summed E-state index contributed by atoms with van der Waals surface area (Å²) in [5, 5.41) is 14.9. The maximum atomic E-state index is 13.4. The first-order valence-electron chi connectivity index (χ1n) is 13.7. The van der Waals surface area contributed by atoms with Crippen LogP contribution in [0.4, 0.5) is 19.0 Å². The standard InChI is InChI=1S/C29H33Cl2F3N4O5/c1-27(2,26(41)42)19-11-22(21(31)12-20(19)30)43-28(3,4)25(40)37-16-9-17-6-7-18(10-16)38(17)23-8-5-15(13-35-23)24(39)36-14-29(32,33)34/h5,8,11-13,16-18H,6-7,9-10,14H2,1-4H3,(H,36,39)(H,37,40)(H,41,42)/t16-,17+,18-. The predicted molar refractivity (Wildman–Crippen MR) is 155 cm³/mol. The Morgan fingerprint density at radius 2 is 1.67 bits per heavy atom. The molecule has 2 aliphatic rings. The first kappa shape index (κ1) is 32.7. The van der Waals surface area contributed by atoms with Gasteiger partial charge >= 0.3 is 12.1 Å². The van der Waals surface area contributed by atoms with Gasteiger partial charge in [-0.3, -0.25) is 14.4 Å². The minimum absolute atomic E-state index is 0.0316. The van der Waals surface area contributed by atoms with E-state index in [9.17, 15) is 32.7 Å². The summed E-state index contributed by atoms with van der Waals surface area (Å²) in [6.07, 6.45) is -0.239. The molecule has 0 aliphatic carbocycles. The molecule has 2 aliphatic heterocycles. The molecule has 2 bridgehead atoms. The number of aliphatic carboxylic acids is 1. The van der Waals surface area contributed by atoms with Gasteiger partial charge in [0.25, 0.3) is 11.8 Å². The van der Waals surface area contributed by atoms with E-state index in [1.54, 1.807) is 19.9 Å². The molecule has 2 fully saturated rings. The number of fused-ring (bicyclic) bond motifs is 2. The zero-order valence-electron chi connectivity index (χ0n) is 24.0. The molecule has 3 atom stereocenters. The number of carbonyl (C=O) groups excluding carboxylic acids is 2. The van der Waals surface area contributed by atoms with Gasteiger partial charge in [0.15, 0.2) is 5.60 Å². The predicted octanol–water partition coefficient (Wildman–Crippen LogP) is 5.52. The summed E-state index contributed by atoms with van der Waals surface area (Å²) in [4.78, 5) is 43.7. The number of pyridine rings is 1. The molecule has 2 amide bonds. The smallest absolute Gasteiger partial charge is 0.405 e. The fraction of sp³-hybridized carbons (Fsp3) is 0.517. The van der Waals surface area contributed by atoms with Crippen molar-refractivity contribution >= 4 is 46.8 Å². The number of amides is 2. The van der Waals surface area contributed by atoms with Crippen LogP contribution < -0.4 is 20.3 Å². The van der Waals surface area contributed by atoms with E-state index < -0.39 is 35.6 Å². The Labute approximate surface area is 257 Å². The van der Waals surface area contributed by atoms with E-state index in [2.05, 4.69) is 15.2 Å². The fourth-order valence-corrected chi connectivity index (χ4v) is 6.16. The molecule has 43 heavy (non-hydrogen) atoms. The largest absolute Gasteiger partial charge is 0.481 e. The fourth-order valence-electron chi connectivity index (χ4n) is 5.51. The third-order valence-corrected chi connectivity index (χ3v) is 8.54. The van der Waals surface area contributed by atoms with Gasteiger partial charge in [0.2, 0.25) is 0 Å². The van der Waals surface area contributed by atoms with Gasteiger partial charge in [-0.25, -0.2) is 4.98 Å². The Morgan fingerprint density at radius 1 is 1.05 bits per heavy atom. The Hall–Kier alpha value is -3.25. The summed E-state index contributed by atoms with van der Waals surface area (Å²) in [6, 6.07) is 5.90. The number of carbonyl (C=O) groups is 3. The van der Waals surface area contributed by atoms with E-state index >= 15 is 0 Å². The molecular weight excluding hydrogens is 612 g/mol. The van der Waals surface area contributed by atoms with E-state index in [1.165, 1.54) is 38.2 Å². The average Bonchev–Trinajstić information content (AvgIpc) is 3.18. The van der Waals surface area contributed by atoms with Gasteiger partial charge in [-0.15, -0.1) is 0 Å². The summed E-state index contributed by atoms with van der Waals surface area (Å²) < 4.78 is 43.3. The molecule has 9 nitrogen and oxygen atoms in total. The monoisotopic (exact) mass is 644 g/mol. The molecule has 14 heteroatoms. The maximum Gasteiger partial charge on any atom is 0.405 e. The van der Waals surface area contributed by atoms with Crippen LogP contribution in [0.2, 0.25) is 10.0 Å². The van der Waals surface area contributed by atoms with Crippen molar-refractivity contribution in [1.29, 1.82) is 0 Å². The Bertz CT molecular complexity index is 1390. The molecule has 2 aromatic rings. The van der Waals surface area contributed by atoms with Crippen LogP contribution in [0, 0.1) is 0 Å². The topological polar surface area (TPSA) is 121 Å². The minimum atomic E-state index is -4.51. The Kier molecular flexibility index (Phi) is 9.14. The van der Waals surface area contributed by atoms with Gasteiger partial charge in [0, 0.05) is 29.3 Å². The molecule has 0 saturated carbocycles. The second kappa shape index (κ2) is 12.0. The number of carboxylic acids is 1. The third-order valence-electron chi connectivity index (χ3n) is 7.93. The van der Waals surface area contributed by atoms with Crippen LogP contribution >= 0.6 is 23.2 Å². The first-order valence-corrected chi connectivity index (χ1v) is 14.5. The van der Waals surface area contributed by atoms with Crippen molar-refractivity contribution in [2.45, 2.75) is 88.7 Å². The normalized spacial score (nSPS) is 20.5. The molecule has 234 valence electrons. The molecule has 0 spiro atoms. The molecule has 0 radical (unpaired) electrons. The highest BCUT2D eigenvalue weighted by Gasteiger charge is 2.43. The molecule has 1 aromatic carbocycles. The SMILES string of the molecule is CC(C)(Oc1cc(C(C)(C)C(=O)O)c(Cl)cc1Cl)C(=O)N[C@H]1C[C@H]2CC[C@@H](C1)N2c1ccc(C(=O)NCC(F)(F)F)cn1. The second-order valence-corrected chi connectivity index (χ2v) is 12.8. The van der Waals surface area contributed by atoms with E-state index in [4.69, 9.17) is 27.9 Å². The molecule has 3 heterocycles. The van der Waals surface area contributed by atoms with Gasteiger partial charge in [0.05, 0.1) is 16.0 Å². The van der Waals surface area contributed by atoms with Gasteiger partial charge in [-0.1, -0.05) is 23.2 Å². The molecular formula is C29H33Cl2F3N4O5. The average molecular weight is 646 g/mol. The molecule has 4 rings (SSSR count). The summed E-state index contributed by atoms with van der Waals surface area (Å²) in [6.45, 7) is 4.78. The minimum Gasteiger partial charge on any atom is -0.481 e. The number of nitrogens with one attached hydrogen (secondary N) is 2. The number of hydrogen-bond acceptors (Lipinski definition) is 6. The van der Waals surface area contributed by atoms with Gasteiger partial charge in [-0.2, -0.15) is 13.2 Å². The zero-order valence-corrected chi connectivity index (χ0v) is 25.5. The van der Waals surface area contributed by atoms with Crippen molar-refractivity contribution in [2.75, 3.05) is 11.4 Å². The number of alkyl halides is 3. The molecule has 1 aromatic heterocycles. The number of anilines is 1. The van der Waals surface area contributed by atoms with Crippen molar-refractivity contribution in [3.63, 3.8) is 0 Å². The Balaban J connectivity index is 1.40. The van der Waals surface area contributed by atoms with E-state index in [0.29, 0.717) is 24.2 Å². The van der Waals surface area contributed by atoms with Crippen molar-refractivity contribution in [1.82, 2.24) is 15.6 Å². The number of halogens is 5. The molecule has 3 N–H and O–H groups in total. The van der Waals surface area contributed by atoms with Crippen molar-refractivity contribution in [3.05, 3.63) is 51.6 Å². The summed E-state index contributed by atoms with van der Waals surface area (Å²) in [7, 11) is 0. The van der Waals surface area contributed by atoms with Crippen LogP contribution in [0.15, 0.2) is 30.5 Å². The van der Waals surface area contributed by atoms with Crippen molar-refractivity contribution in [2.24, 2.45) is 0 Å². The molecule has 0 unspecified atom stereocenters. The van der Waals surface area contributed by atoms with Crippen LogP contribution in [0.25, 0.3) is 0 Å². The lowest BCUT2D eigenvalue weighted by atomic mass is 9.84. The van der Waals surface area contributed by atoms with Crippen LogP contribution in [0.1, 0.15) is 69.3 Å². The lowest BCUT2D eigenvalue weighted by Crippen LogP contribution is -2.55. The highest BCUT2D eigenvalue weighted by atomic mass is 35.5. The lowest BCUT2D eigenvalue weighted by Gasteiger charge is -2.41. The van der Waals surface area contributed by atoms with Gasteiger partial charge in [-0.05, 0) is 83.2 Å². The number of ether oxygens (including phenoxy) is 1. The van der Waals surface area contributed by atoms with Crippen LogP contribution in [0.3, 0.4) is 0 Å². The van der Waals surface area contributed by atoms with Crippen molar-refractivity contribution < 1.29 is 37.4 Å².